The number of aromatic nitrogens is 1. The fourth-order valence-corrected chi connectivity index (χ4v) is 8.15. The van der Waals surface area contributed by atoms with E-state index in [0.717, 1.165) is 40.4 Å². The lowest BCUT2D eigenvalue weighted by Gasteiger charge is -2.57. The third-order valence-electron chi connectivity index (χ3n) is 9.04. The summed E-state index contributed by atoms with van der Waals surface area (Å²) in [6.45, 7) is 8.03. The Bertz CT molecular complexity index is 1280. The van der Waals surface area contributed by atoms with Gasteiger partial charge in [-0.25, -0.2) is 0 Å². The Balaban J connectivity index is 1.30. The number of amides is 2. The van der Waals surface area contributed by atoms with Crippen LogP contribution in [-0.4, -0.2) is 32.9 Å². The SMILES string of the molecule is C=CCN1C(=O)/C(=C\c2cc(C)n(-c3ccc(C45CC6CC(CC(C6)C4)C5)cc3)c2C)C(=O)NC1=S. The van der Waals surface area contributed by atoms with Gasteiger partial charge in [0.1, 0.15) is 5.57 Å². The molecular formula is C30H33N3O2S. The lowest BCUT2D eigenvalue weighted by Crippen LogP contribution is -2.53. The minimum Gasteiger partial charge on any atom is -0.318 e. The fraction of sp³-hybridized carbons (Fsp3) is 0.433. The molecule has 6 heteroatoms. The van der Waals surface area contributed by atoms with Crippen LogP contribution in [0, 0.1) is 31.6 Å². The van der Waals surface area contributed by atoms with Crippen LogP contribution >= 0.6 is 12.2 Å². The molecule has 5 aliphatic rings. The topological polar surface area (TPSA) is 54.3 Å². The van der Waals surface area contributed by atoms with Gasteiger partial charge in [0.25, 0.3) is 11.8 Å². The van der Waals surface area contributed by atoms with Crippen molar-refractivity contribution in [3.8, 4) is 5.69 Å². The zero-order valence-corrected chi connectivity index (χ0v) is 21.9. The summed E-state index contributed by atoms with van der Waals surface area (Å²) in [6, 6.07) is 11.2. The number of thiocarbonyl (C=S) groups is 1. The van der Waals surface area contributed by atoms with Crippen LogP contribution in [0.15, 0.2) is 48.6 Å². The summed E-state index contributed by atoms with van der Waals surface area (Å²) >= 11 is 5.17. The number of hydrogen-bond donors (Lipinski definition) is 1. The monoisotopic (exact) mass is 499 g/mol. The van der Waals surface area contributed by atoms with Crippen LogP contribution in [0.2, 0.25) is 0 Å². The Hall–Kier alpha value is -2.99. The molecule has 186 valence electrons. The second-order valence-corrected chi connectivity index (χ2v) is 11.8. The molecule has 0 radical (unpaired) electrons. The third kappa shape index (κ3) is 3.69. The van der Waals surface area contributed by atoms with Gasteiger partial charge in [0.15, 0.2) is 5.11 Å². The first-order valence-electron chi connectivity index (χ1n) is 13.1. The smallest absolute Gasteiger partial charge is 0.265 e. The molecule has 7 rings (SSSR count). The van der Waals surface area contributed by atoms with Gasteiger partial charge in [-0.3, -0.25) is 19.8 Å². The van der Waals surface area contributed by atoms with E-state index < -0.39 is 11.8 Å². The van der Waals surface area contributed by atoms with Crippen molar-refractivity contribution in [1.29, 1.82) is 0 Å². The summed E-state index contributed by atoms with van der Waals surface area (Å²) < 4.78 is 2.20. The van der Waals surface area contributed by atoms with E-state index >= 15 is 0 Å². The predicted molar refractivity (Wildman–Crippen MR) is 146 cm³/mol. The van der Waals surface area contributed by atoms with Gasteiger partial charge in [-0.15, -0.1) is 6.58 Å². The van der Waals surface area contributed by atoms with Gasteiger partial charge >= 0.3 is 0 Å². The van der Waals surface area contributed by atoms with Gasteiger partial charge in [0.05, 0.1) is 0 Å². The molecule has 4 saturated carbocycles. The van der Waals surface area contributed by atoms with E-state index in [2.05, 4.69) is 47.7 Å². The lowest BCUT2D eigenvalue weighted by molar-refractivity contribution is -0.128. The van der Waals surface area contributed by atoms with Crippen molar-refractivity contribution in [3.63, 3.8) is 0 Å². The maximum Gasteiger partial charge on any atom is 0.265 e. The maximum atomic E-state index is 13.0. The molecule has 1 aliphatic heterocycles. The number of carbonyl (C=O) groups is 2. The summed E-state index contributed by atoms with van der Waals surface area (Å²) in [5.41, 5.74) is 5.99. The van der Waals surface area contributed by atoms with Crippen molar-refractivity contribution in [2.24, 2.45) is 17.8 Å². The van der Waals surface area contributed by atoms with Crippen LogP contribution in [-0.2, 0) is 15.0 Å². The van der Waals surface area contributed by atoms with E-state index in [9.17, 15) is 9.59 Å². The van der Waals surface area contributed by atoms with Crippen molar-refractivity contribution in [2.45, 2.75) is 57.8 Å². The van der Waals surface area contributed by atoms with E-state index in [1.807, 2.05) is 13.0 Å². The first-order chi connectivity index (χ1) is 17.3. The molecular weight excluding hydrogens is 466 g/mol. The highest BCUT2D eigenvalue weighted by atomic mass is 32.1. The Morgan fingerprint density at radius 2 is 1.67 bits per heavy atom. The highest BCUT2D eigenvalue weighted by Gasteiger charge is 2.51. The second kappa shape index (κ2) is 8.55. The minimum absolute atomic E-state index is 0.0860. The van der Waals surface area contributed by atoms with Crippen LogP contribution in [0.5, 0.6) is 0 Å². The van der Waals surface area contributed by atoms with Crippen molar-refractivity contribution in [2.75, 3.05) is 6.54 Å². The quantitative estimate of drug-likeness (QED) is 0.260. The molecule has 5 fully saturated rings. The largest absolute Gasteiger partial charge is 0.318 e. The molecule has 5 nitrogen and oxygen atoms in total. The average molecular weight is 500 g/mol. The van der Waals surface area contributed by atoms with Gasteiger partial charge in [-0.05, 0) is 123 Å². The molecule has 0 atom stereocenters. The number of aryl methyl sites for hydroxylation is 1. The Labute approximate surface area is 218 Å². The predicted octanol–water partition coefficient (Wildman–Crippen LogP) is 5.37. The molecule has 1 N–H and O–H groups in total. The van der Waals surface area contributed by atoms with Crippen molar-refractivity contribution in [3.05, 3.63) is 71.1 Å². The summed E-state index contributed by atoms with van der Waals surface area (Å²) in [6.07, 6.45) is 11.7. The van der Waals surface area contributed by atoms with E-state index in [4.69, 9.17) is 12.2 Å². The van der Waals surface area contributed by atoms with Gasteiger partial charge < -0.3 is 4.57 Å². The lowest BCUT2D eigenvalue weighted by atomic mass is 9.48. The Morgan fingerprint density at radius 1 is 1.06 bits per heavy atom. The molecule has 1 aromatic carbocycles. The summed E-state index contributed by atoms with van der Waals surface area (Å²) in [5.74, 6) is 1.93. The zero-order chi connectivity index (χ0) is 25.2. The molecule has 0 unspecified atom stereocenters. The highest BCUT2D eigenvalue weighted by molar-refractivity contribution is 7.80. The first kappa shape index (κ1) is 23.4. The first-order valence-corrected chi connectivity index (χ1v) is 13.5. The van der Waals surface area contributed by atoms with Gasteiger partial charge in [0, 0.05) is 23.6 Å². The third-order valence-corrected chi connectivity index (χ3v) is 9.37. The van der Waals surface area contributed by atoms with E-state index in [-0.39, 0.29) is 17.2 Å². The number of nitrogens with zero attached hydrogens (tertiary/aromatic N) is 2. The van der Waals surface area contributed by atoms with Crippen molar-refractivity contribution < 1.29 is 9.59 Å². The second-order valence-electron chi connectivity index (χ2n) is 11.4. The van der Waals surface area contributed by atoms with Gasteiger partial charge in [-0.2, -0.15) is 0 Å². The average Bonchev–Trinajstić information content (AvgIpc) is 3.11. The number of benzene rings is 1. The molecule has 1 aromatic heterocycles. The molecule has 4 aliphatic carbocycles. The number of carbonyl (C=O) groups excluding carboxylic acids is 2. The zero-order valence-electron chi connectivity index (χ0n) is 21.0. The van der Waals surface area contributed by atoms with E-state index in [1.165, 1.54) is 49.0 Å². The van der Waals surface area contributed by atoms with Crippen LogP contribution in [0.3, 0.4) is 0 Å². The molecule has 2 heterocycles. The molecule has 2 aromatic rings. The van der Waals surface area contributed by atoms with Crippen LogP contribution in [0.1, 0.15) is 61.0 Å². The Morgan fingerprint density at radius 3 is 2.25 bits per heavy atom. The van der Waals surface area contributed by atoms with Crippen LogP contribution in [0.25, 0.3) is 11.8 Å². The molecule has 2 amide bonds. The van der Waals surface area contributed by atoms with Crippen molar-refractivity contribution >= 4 is 35.2 Å². The molecule has 36 heavy (non-hydrogen) atoms. The number of hydrogen-bond acceptors (Lipinski definition) is 3. The Kier molecular flexibility index (Phi) is 5.56. The molecule has 0 spiro atoms. The summed E-state index contributed by atoms with van der Waals surface area (Å²) in [4.78, 5) is 26.9. The molecule has 4 bridgehead atoms. The summed E-state index contributed by atoms with van der Waals surface area (Å²) in [5, 5.41) is 2.74. The number of nitrogens with one attached hydrogen (secondary N) is 1. The van der Waals surface area contributed by atoms with Crippen molar-refractivity contribution in [1.82, 2.24) is 14.8 Å². The van der Waals surface area contributed by atoms with Gasteiger partial charge in [0.2, 0.25) is 0 Å². The minimum atomic E-state index is -0.463. The van der Waals surface area contributed by atoms with Gasteiger partial charge in [-0.1, -0.05) is 18.2 Å². The fourth-order valence-electron chi connectivity index (χ4n) is 7.90. The maximum absolute atomic E-state index is 13.0. The van der Waals surface area contributed by atoms with Crippen LogP contribution in [0.4, 0.5) is 0 Å². The highest BCUT2D eigenvalue weighted by Crippen LogP contribution is 2.60. The van der Waals surface area contributed by atoms with E-state index in [0.29, 0.717) is 5.41 Å². The van der Waals surface area contributed by atoms with E-state index in [1.54, 1.807) is 12.2 Å². The summed E-state index contributed by atoms with van der Waals surface area (Å²) in [7, 11) is 0. The van der Waals surface area contributed by atoms with Crippen LogP contribution < -0.4 is 5.32 Å². The number of rotatable bonds is 5. The standard InChI is InChI=1S/C30H33N3O2S/c1-4-9-32-28(35)26(27(34)31-29(32)36)14-23-10-18(2)33(19(23)3)25-7-5-24(6-8-25)30-15-20-11-21(16-30)13-22(12-20)17-30/h4-8,10,14,20-22H,1,9,11-13,15-17H2,2-3H3,(H,31,34,36)/b26-14-. The molecule has 1 saturated heterocycles. The normalized spacial score (nSPS) is 30.3.